The molecule has 0 unspecified atom stereocenters. The third-order valence-corrected chi connectivity index (χ3v) is 6.49. The summed E-state index contributed by atoms with van der Waals surface area (Å²) >= 11 is 6.51. The van der Waals surface area contributed by atoms with Crippen LogP contribution in [-0.4, -0.2) is 59.5 Å². The van der Waals surface area contributed by atoms with Crippen molar-refractivity contribution in [3.05, 3.63) is 47.5 Å². The summed E-state index contributed by atoms with van der Waals surface area (Å²) < 4.78 is 0. The number of benzene rings is 2. The lowest BCUT2D eigenvalue weighted by molar-refractivity contribution is -0.134. The van der Waals surface area contributed by atoms with Gasteiger partial charge in [0.05, 0.1) is 22.1 Å². The van der Waals surface area contributed by atoms with Crippen LogP contribution in [0.5, 0.6) is 0 Å². The topological polar surface area (TPSA) is 64.3 Å². The first kappa shape index (κ1) is 21.9. The Morgan fingerprint density at radius 3 is 2.61 bits per heavy atom. The number of hydrogen-bond donors (Lipinski definition) is 2. The van der Waals surface area contributed by atoms with Gasteiger partial charge in [-0.3, -0.25) is 4.79 Å². The average Bonchev–Trinajstić information content (AvgIpc) is 3.24. The number of hydrogen-bond acceptors (Lipinski definition) is 4. The predicted octanol–water partition coefficient (Wildman–Crippen LogP) is 4.10. The number of amides is 1. The molecule has 0 aliphatic carbocycles. The Hall–Kier alpha value is -2.28. The van der Waals surface area contributed by atoms with E-state index >= 15 is 0 Å². The molecule has 3 aromatic rings. The number of para-hydroxylation sites is 2. The van der Waals surface area contributed by atoms with Crippen molar-refractivity contribution in [3.63, 3.8) is 0 Å². The number of carbonyl (C=O) groups is 1. The minimum Gasteiger partial charge on any atom is -0.368 e. The number of H-pyrrole nitrogens is 1. The fourth-order valence-corrected chi connectivity index (χ4v) is 4.65. The number of halogens is 2. The number of piperazine rings is 1. The smallest absolute Gasteiger partial charge is 0.239 e. The Morgan fingerprint density at radius 1 is 1.06 bits per heavy atom. The summed E-state index contributed by atoms with van der Waals surface area (Å²) in [5, 5.41) is 4.05. The maximum Gasteiger partial charge on any atom is 0.239 e. The number of aromatic amines is 1. The third kappa shape index (κ3) is 4.52. The van der Waals surface area contributed by atoms with Gasteiger partial charge in [-0.15, -0.1) is 12.4 Å². The van der Waals surface area contributed by atoms with Crippen molar-refractivity contribution in [2.45, 2.75) is 25.3 Å². The number of carbonyl (C=O) groups excluding carboxylic acids is 1. The maximum atomic E-state index is 12.8. The van der Waals surface area contributed by atoms with E-state index in [-0.39, 0.29) is 24.4 Å². The van der Waals surface area contributed by atoms with E-state index in [0.29, 0.717) is 5.02 Å². The van der Waals surface area contributed by atoms with E-state index in [2.05, 4.69) is 27.3 Å². The Balaban J connectivity index is 0.00000231. The van der Waals surface area contributed by atoms with Crippen LogP contribution in [0.15, 0.2) is 42.5 Å². The molecule has 2 aliphatic heterocycles. The van der Waals surface area contributed by atoms with Crippen molar-refractivity contribution in [2.24, 2.45) is 0 Å². The first-order valence-electron chi connectivity index (χ1n) is 10.7. The first-order chi connectivity index (χ1) is 14.7. The fraction of sp³-hybridized carbons (Fsp3) is 0.391. The van der Waals surface area contributed by atoms with Gasteiger partial charge in [-0.1, -0.05) is 30.2 Å². The second-order valence-electron chi connectivity index (χ2n) is 8.08. The van der Waals surface area contributed by atoms with E-state index in [1.165, 1.54) is 6.42 Å². The second kappa shape index (κ2) is 9.47. The number of aromatic nitrogens is 2. The minimum atomic E-state index is 0. The highest BCUT2D eigenvalue weighted by Crippen LogP contribution is 2.32. The predicted molar refractivity (Wildman–Crippen MR) is 128 cm³/mol. The summed E-state index contributed by atoms with van der Waals surface area (Å²) in [7, 11) is 0. The zero-order chi connectivity index (χ0) is 20.5. The van der Waals surface area contributed by atoms with E-state index in [0.717, 1.165) is 73.7 Å². The van der Waals surface area contributed by atoms with Gasteiger partial charge < -0.3 is 20.1 Å². The van der Waals surface area contributed by atoms with Crippen molar-refractivity contribution in [1.82, 2.24) is 20.2 Å². The van der Waals surface area contributed by atoms with Gasteiger partial charge >= 0.3 is 0 Å². The molecule has 164 valence electrons. The Bertz CT molecular complexity index is 1020. The number of nitrogens with zero attached hydrogens (tertiary/aromatic N) is 3. The fourth-order valence-electron chi connectivity index (χ4n) is 4.44. The number of piperidine rings is 1. The van der Waals surface area contributed by atoms with Gasteiger partial charge in [-0.25, -0.2) is 4.98 Å². The van der Waals surface area contributed by atoms with Crippen LogP contribution in [0.25, 0.3) is 22.4 Å². The summed E-state index contributed by atoms with van der Waals surface area (Å²) in [4.78, 5) is 25.2. The molecule has 2 aromatic carbocycles. The highest BCUT2D eigenvalue weighted by atomic mass is 35.5. The summed E-state index contributed by atoms with van der Waals surface area (Å²) in [6.07, 6.45) is 3.26. The Labute approximate surface area is 193 Å². The lowest BCUT2D eigenvalue weighted by Crippen LogP contribution is -2.55. The SMILES string of the molecule is Cl.O=C([C@@H]1CCCCN1)N1CCN(c2ccc(Cl)c(-c3nc4ccccc4[nH]3)c2)CC1. The normalized spacial score (nSPS) is 19.3. The zero-order valence-corrected chi connectivity index (χ0v) is 18.9. The molecule has 6 nitrogen and oxygen atoms in total. The molecule has 1 aromatic heterocycles. The largest absolute Gasteiger partial charge is 0.368 e. The van der Waals surface area contributed by atoms with Crippen LogP contribution in [0, 0.1) is 0 Å². The number of imidazole rings is 1. The van der Waals surface area contributed by atoms with E-state index in [9.17, 15) is 4.79 Å². The summed E-state index contributed by atoms with van der Waals surface area (Å²) in [6, 6.07) is 14.1. The Kier molecular flexibility index (Phi) is 6.70. The first-order valence-corrected chi connectivity index (χ1v) is 11.1. The van der Waals surface area contributed by atoms with Crippen LogP contribution in [0.1, 0.15) is 19.3 Å². The third-order valence-electron chi connectivity index (χ3n) is 6.16. The van der Waals surface area contributed by atoms with E-state index in [4.69, 9.17) is 16.6 Å². The lowest BCUT2D eigenvalue weighted by atomic mass is 10.0. The minimum absolute atomic E-state index is 0. The highest BCUT2D eigenvalue weighted by molar-refractivity contribution is 6.33. The molecule has 1 atom stereocenters. The molecule has 8 heteroatoms. The molecule has 1 amide bonds. The van der Waals surface area contributed by atoms with Gasteiger partial charge in [0.1, 0.15) is 5.82 Å². The number of fused-ring (bicyclic) bond motifs is 1. The second-order valence-corrected chi connectivity index (χ2v) is 8.49. The van der Waals surface area contributed by atoms with Gasteiger partial charge in [0.25, 0.3) is 0 Å². The van der Waals surface area contributed by atoms with Crippen LogP contribution in [-0.2, 0) is 4.79 Å². The van der Waals surface area contributed by atoms with Crippen molar-refractivity contribution >= 4 is 46.6 Å². The molecule has 2 fully saturated rings. The number of rotatable bonds is 3. The van der Waals surface area contributed by atoms with Crippen molar-refractivity contribution in [1.29, 1.82) is 0 Å². The molecular weight excluding hydrogens is 433 g/mol. The van der Waals surface area contributed by atoms with Gasteiger partial charge in [0.15, 0.2) is 0 Å². The molecule has 0 bridgehead atoms. The van der Waals surface area contributed by atoms with Gasteiger partial charge in [-0.2, -0.15) is 0 Å². The standard InChI is InChI=1S/C23H26ClN5O.ClH/c24-18-9-8-16(15-17(18)22-26-19-5-1-2-6-20(19)27-22)28-11-13-29(14-12-28)23(30)21-7-3-4-10-25-21;/h1-2,5-6,8-9,15,21,25H,3-4,7,10-14H2,(H,26,27);1H/t21-;/m0./s1. The molecule has 2 N–H and O–H groups in total. The van der Waals surface area contributed by atoms with Gasteiger partial charge in [0.2, 0.25) is 5.91 Å². The molecule has 0 spiro atoms. The summed E-state index contributed by atoms with van der Waals surface area (Å²) in [6.45, 7) is 4.09. The molecule has 5 rings (SSSR count). The monoisotopic (exact) mass is 459 g/mol. The molecule has 0 saturated carbocycles. The van der Waals surface area contributed by atoms with E-state index in [1.807, 2.05) is 35.2 Å². The highest BCUT2D eigenvalue weighted by Gasteiger charge is 2.28. The van der Waals surface area contributed by atoms with Crippen LogP contribution in [0.3, 0.4) is 0 Å². The summed E-state index contributed by atoms with van der Waals surface area (Å²) in [5.41, 5.74) is 3.93. The van der Waals surface area contributed by atoms with Crippen molar-refractivity contribution < 1.29 is 4.79 Å². The van der Waals surface area contributed by atoms with Crippen LogP contribution >= 0.6 is 24.0 Å². The average molecular weight is 460 g/mol. The van der Waals surface area contributed by atoms with Crippen LogP contribution < -0.4 is 10.2 Å². The summed E-state index contributed by atoms with van der Waals surface area (Å²) in [5.74, 6) is 1.04. The number of nitrogens with one attached hydrogen (secondary N) is 2. The molecule has 3 heterocycles. The van der Waals surface area contributed by atoms with E-state index in [1.54, 1.807) is 0 Å². The molecular formula is C23H27Cl2N5O. The molecule has 2 aliphatic rings. The lowest BCUT2D eigenvalue weighted by Gasteiger charge is -2.38. The van der Waals surface area contributed by atoms with Crippen molar-refractivity contribution in [2.75, 3.05) is 37.6 Å². The Morgan fingerprint density at radius 2 is 1.87 bits per heavy atom. The quantitative estimate of drug-likeness (QED) is 0.618. The zero-order valence-electron chi connectivity index (χ0n) is 17.3. The number of anilines is 1. The molecule has 2 saturated heterocycles. The van der Waals surface area contributed by atoms with Crippen LogP contribution in [0.2, 0.25) is 5.02 Å². The molecule has 0 radical (unpaired) electrons. The van der Waals surface area contributed by atoms with Crippen LogP contribution in [0.4, 0.5) is 5.69 Å². The van der Waals surface area contributed by atoms with Gasteiger partial charge in [0, 0.05) is 37.4 Å². The van der Waals surface area contributed by atoms with Gasteiger partial charge in [-0.05, 0) is 49.7 Å². The maximum absolute atomic E-state index is 12.8. The molecule has 31 heavy (non-hydrogen) atoms. The van der Waals surface area contributed by atoms with Crippen molar-refractivity contribution in [3.8, 4) is 11.4 Å². The van der Waals surface area contributed by atoms with E-state index < -0.39 is 0 Å².